The summed E-state index contributed by atoms with van der Waals surface area (Å²) in [6.07, 6.45) is -1.61. The monoisotopic (exact) mass is 431 g/mol. The maximum atomic E-state index is 13.8. The van der Waals surface area contributed by atoms with Crippen LogP contribution in [0.5, 0.6) is 5.75 Å². The fraction of sp³-hybridized carbons (Fsp3) is 0.368. The SMILES string of the molecule is C[C@H](Oc1ccc(F)c(F)c1)c1ccn2c(CC3CC3)nnc2c1C(F)(F)F.S. The van der Waals surface area contributed by atoms with Gasteiger partial charge in [0.1, 0.15) is 23.2 Å². The summed E-state index contributed by atoms with van der Waals surface area (Å²) < 4.78 is 74.7. The van der Waals surface area contributed by atoms with Gasteiger partial charge >= 0.3 is 6.18 Å². The van der Waals surface area contributed by atoms with Crippen molar-refractivity contribution < 1.29 is 26.7 Å². The molecule has 0 saturated heterocycles. The van der Waals surface area contributed by atoms with Crippen LogP contribution in [0.3, 0.4) is 0 Å². The lowest BCUT2D eigenvalue weighted by molar-refractivity contribution is -0.138. The molecule has 1 aromatic carbocycles. The van der Waals surface area contributed by atoms with E-state index in [-0.39, 0.29) is 30.5 Å². The molecule has 2 aromatic heterocycles. The molecule has 0 N–H and O–H groups in total. The normalized spacial score (nSPS) is 15.2. The zero-order valence-corrected chi connectivity index (χ0v) is 16.3. The molecule has 0 radical (unpaired) electrons. The Bertz CT molecular complexity index is 1030. The Hall–Kier alpha value is -2.36. The van der Waals surface area contributed by atoms with Crippen molar-refractivity contribution in [3.63, 3.8) is 0 Å². The van der Waals surface area contributed by atoms with E-state index in [9.17, 15) is 22.0 Å². The average Bonchev–Trinajstić information content (AvgIpc) is 3.35. The number of rotatable bonds is 5. The number of ether oxygens (including phenoxy) is 1. The molecular formula is C19H18F5N3OS. The molecule has 1 aliphatic rings. The topological polar surface area (TPSA) is 39.4 Å². The molecular weight excluding hydrogens is 413 g/mol. The van der Waals surface area contributed by atoms with Crippen LogP contribution in [0.25, 0.3) is 5.65 Å². The van der Waals surface area contributed by atoms with Crippen LogP contribution >= 0.6 is 13.5 Å². The molecule has 0 unspecified atom stereocenters. The minimum Gasteiger partial charge on any atom is -0.486 e. The highest BCUT2D eigenvalue weighted by atomic mass is 32.1. The fourth-order valence-corrected chi connectivity index (χ4v) is 3.18. The van der Waals surface area contributed by atoms with E-state index < -0.39 is 29.5 Å². The molecule has 3 aromatic rings. The average molecular weight is 431 g/mol. The van der Waals surface area contributed by atoms with Gasteiger partial charge in [-0.2, -0.15) is 26.7 Å². The maximum Gasteiger partial charge on any atom is 0.420 e. The van der Waals surface area contributed by atoms with Gasteiger partial charge in [0.05, 0.1) is 0 Å². The van der Waals surface area contributed by atoms with Gasteiger partial charge in [-0.05, 0) is 43.9 Å². The Kier molecular flexibility index (Phi) is 5.75. The van der Waals surface area contributed by atoms with Crippen LogP contribution < -0.4 is 4.74 Å². The van der Waals surface area contributed by atoms with Crippen molar-refractivity contribution >= 4 is 19.1 Å². The third-order valence-electron chi connectivity index (χ3n) is 4.78. The van der Waals surface area contributed by atoms with Gasteiger partial charge in [-0.1, -0.05) is 0 Å². The zero-order chi connectivity index (χ0) is 20.1. The summed E-state index contributed by atoms with van der Waals surface area (Å²) in [4.78, 5) is 0. The first-order chi connectivity index (χ1) is 13.2. The second kappa shape index (κ2) is 7.81. The summed E-state index contributed by atoms with van der Waals surface area (Å²) in [5, 5.41) is 7.71. The quantitative estimate of drug-likeness (QED) is 0.520. The second-order valence-corrected chi connectivity index (χ2v) is 6.94. The molecule has 0 bridgehead atoms. The summed E-state index contributed by atoms with van der Waals surface area (Å²) in [7, 11) is 0. The summed E-state index contributed by atoms with van der Waals surface area (Å²) in [6.45, 7) is 1.41. The highest BCUT2D eigenvalue weighted by Crippen LogP contribution is 2.39. The van der Waals surface area contributed by atoms with Gasteiger partial charge in [0, 0.05) is 24.2 Å². The van der Waals surface area contributed by atoms with Crippen molar-refractivity contribution in [3.8, 4) is 5.75 Å². The van der Waals surface area contributed by atoms with E-state index in [1.54, 1.807) is 0 Å². The van der Waals surface area contributed by atoms with Gasteiger partial charge in [-0.25, -0.2) is 8.78 Å². The number of benzene rings is 1. The van der Waals surface area contributed by atoms with Crippen LogP contribution in [0.4, 0.5) is 22.0 Å². The highest BCUT2D eigenvalue weighted by Gasteiger charge is 2.39. The minimum absolute atomic E-state index is 0. The molecule has 156 valence electrons. The van der Waals surface area contributed by atoms with Crippen LogP contribution in [0.1, 0.15) is 42.8 Å². The third kappa shape index (κ3) is 4.31. The van der Waals surface area contributed by atoms with E-state index in [1.165, 1.54) is 23.6 Å². The molecule has 0 amide bonds. The fourth-order valence-electron chi connectivity index (χ4n) is 3.18. The molecule has 4 rings (SSSR count). The molecule has 2 heterocycles. The second-order valence-electron chi connectivity index (χ2n) is 6.94. The number of alkyl halides is 3. The van der Waals surface area contributed by atoms with Crippen molar-refractivity contribution in [2.45, 2.75) is 38.5 Å². The zero-order valence-electron chi connectivity index (χ0n) is 15.3. The number of hydrogen-bond acceptors (Lipinski definition) is 3. The van der Waals surface area contributed by atoms with Crippen molar-refractivity contribution in [1.82, 2.24) is 14.6 Å². The van der Waals surface area contributed by atoms with Gasteiger partial charge in [0.25, 0.3) is 0 Å². The summed E-state index contributed by atoms with van der Waals surface area (Å²) >= 11 is 0. The molecule has 1 aliphatic carbocycles. The maximum absolute atomic E-state index is 13.8. The molecule has 29 heavy (non-hydrogen) atoms. The van der Waals surface area contributed by atoms with Crippen LogP contribution in [-0.2, 0) is 12.6 Å². The van der Waals surface area contributed by atoms with Crippen LogP contribution in [-0.4, -0.2) is 14.6 Å². The predicted molar refractivity (Wildman–Crippen MR) is 100 cm³/mol. The van der Waals surface area contributed by atoms with E-state index in [0.29, 0.717) is 18.2 Å². The number of hydrogen-bond donors (Lipinski definition) is 0. The first kappa shape index (κ1) is 21.4. The number of nitrogens with zero attached hydrogens (tertiary/aromatic N) is 3. The molecule has 0 aliphatic heterocycles. The van der Waals surface area contributed by atoms with Gasteiger partial charge in [0.15, 0.2) is 17.3 Å². The van der Waals surface area contributed by atoms with Gasteiger partial charge in [-0.15, -0.1) is 10.2 Å². The standard InChI is InChI=1S/C19H16F5N3O.H2S/c1-10(28-12-4-5-14(20)15(21)9-12)13-6-7-27-16(8-11-2-3-11)25-26-18(27)17(13)19(22,23)24;/h4-7,9-11H,2-3,8H2,1H3;1H2/t10-;/m0./s1. The Balaban J connectivity index is 0.00000240. The predicted octanol–water partition coefficient (Wildman–Crippen LogP) is 5.23. The minimum atomic E-state index is -4.69. The molecule has 10 heteroatoms. The molecule has 1 atom stereocenters. The van der Waals surface area contributed by atoms with Crippen molar-refractivity contribution in [2.75, 3.05) is 0 Å². The van der Waals surface area contributed by atoms with E-state index in [2.05, 4.69) is 10.2 Å². The number of halogens is 5. The Morgan fingerprint density at radius 2 is 1.86 bits per heavy atom. The summed E-state index contributed by atoms with van der Waals surface area (Å²) in [6, 6.07) is 4.11. The molecule has 1 saturated carbocycles. The van der Waals surface area contributed by atoms with Gasteiger partial charge in [0.2, 0.25) is 0 Å². The van der Waals surface area contributed by atoms with Crippen molar-refractivity contribution in [2.24, 2.45) is 5.92 Å². The molecule has 4 nitrogen and oxygen atoms in total. The first-order valence-corrected chi connectivity index (χ1v) is 8.79. The highest BCUT2D eigenvalue weighted by molar-refractivity contribution is 7.59. The first-order valence-electron chi connectivity index (χ1n) is 8.79. The smallest absolute Gasteiger partial charge is 0.420 e. The Labute approximate surface area is 170 Å². The number of pyridine rings is 1. The van der Waals surface area contributed by atoms with Gasteiger partial charge < -0.3 is 4.74 Å². The number of aromatic nitrogens is 3. The number of fused-ring (bicyclic) bond motifs is 1. The summed E-state index contributed by atoms with van der Waals surface area (Å²) in [5.74, 6) is -1.35. The Morgan fingerprint density at radius 3 is 2.48 bits per heavy atom. The van der Waals surface area contributed by atoms with Crippen LogP contribution in [0.2, 0.25) is 0 Å². The molecule has 1 fully saturated rings. The lowest BCUT2D eigenvalue weighted by Crippen LogP contribution is -2.16. The van der Waals surface area contributed by atoms with E-state index in [1.807, 2.05) is 0 Å². The summed E-state index contributed by atoms with van der Waals surface area (Å²) in [5.41, 5.74) is -1.39. The van der Waals surface area contributed by atoms with E-state index >= 15 is 0 Å². The van der Waals surface area contributed by atoms with E-state index in [4.69, 9.17) is 4.74 Å². The largest absolute Gasteiger partial charge is 0.486 e. The lowest BCUT2D eigenvalue weighted by atomic mass is 10.0. The van der Waals surface area contributed by atoms with E-state index in [0.717, 1.165) is 31.0 Å². The third-order valence-corrected chi connectivity index (χ3v) is 4.78. The van der Waals surface area contributed by atoms with Crippen LogP contribution in [0.15, 0.2) is 30.5 Å². The van der Waals surface area contributed by atoms with Crippen LogP contribution in [0, 0.1) is 17.6 Å². The molecule has 0 spiro atoms. The lowest BCUT2D eigenvalue weighted by Gasteiger charge is -2.20. The van der Waals surface area contributed by atoms with Crippen molar-refractivity contribution in [3.05, 3.63) is 59.0 Å². The Morgan fingerprint density at radius 1 is 1.14 bits per heavy atom. The van der Waals surface area contributed by atoms with Crippen molar-refractivity contribution in [1.29, 1.82) is 0 Å². The van der Waals surface area contributed by atoms with Gasteiger partial charge in [-0.3, -0.25) is 4.40 Å².